The maximum absolute atomic E-state index is 10.6. The molecular weight excluding hydrogens is 251 g/mol. The molecular formula is C16H25BO3. The smallest absolute Gasteiger partial charge is 0.403 e. The summed E-state index contributed by atoms with van der Waals surface area (Å²) in [6.07, 6.45) is -0.592. The van der Waals surface area contributed by atoms with Crippen LogP contribution in [-0.4, -0.2) is 23.4 Å². The molecule has 0 radical (unpaired) electrons. The number of aliphatic hydroxyl groups excluding tert-OH is 1. The molecule has 4 heteroatoms. The van der Waals surface area contributed by atoms with E-state index in [9.17, 15) is 5.11 Å². The van der Waals surface area contributed by atoms with Crippen molar-refractivity contribution in [2.75, 3.05) is 0 Å². The third-order valence-corrected chi connectivity index (χ3v) is 4.71. The predicted octanol–water partition coefficient (Wildman–Crippen LogP) is 3.51. The second-order valence-electron chi connectivity index (χ2n) is 6.79. The number of hydrogen-bond donors (Lipinski definition) is 1. The van der Waals surface area contributed by atoms with Crippen LogP contribution in [0, 0.1) is 6.92 Å². The molecule has 1 aliphatic rings. The van der Waals surface area contributed by atoms with Crippen LogP contribution in [0.4, 0.5) is 0 Å². The first-order chi connectivity index (χ1) is 9.16. The Morgan fingerprint density at radius 3 is 2.05 bits per heavy atom. The van der Waals surface area contributed by atoms with Crippen LogP contribution in [0.1, 0.15) is 51.8 Å². The highest BCUT2D eigenvalue weighted by molar-refractivity contribution is 6.47. The summed E-state index contributed by atoms with van der Waals surface area (Å²) in [6, 6.07) is 7.89. The van der Waals surface area contributed by atoms with E-state index in [0.29, 0.717) is 0 Å². The van der Waals surface area contributed by atoms with Gasteiger partial charge in [-0.3, -0.25) is 0 Å². The summed E-state index contributed by atoms with van der Waals surface area (Å²) in [5.41, 5.74) is 1.30. The van der Waals surface area contributed by atoms with Gasteiger partial charge in [0.2, 0.25) is 0 Å². The number of benzene rings is 1. The summed E-state index contributed by atoms with van der Waals surface area (Å²) >= 11 is 0. The first-order valence-corrected chi connectivity index (χ1v) is 7.25. The molecule has 0 aromatic heterocycles. The molecule has 1 heterocycles. The van der Waals surface area contributed by atoms with Crippen molar-refractivity contribution in [1.82, 2.24) is 0 Å². The molecule has 1 aliphatic heterocycles. The topological polar surface area (TPSA) is 38.7 Å². The van der Waals surface area contributed by atoms with Crippen molar-refractivity contribution >= 4 is 7.12 Å². The summed E-state index contributed by atoms with van der Waals surface area (Å²) in [7, 11) is -0.394. The van der Waals surface area contributed by atoms with Crippen LogP contribution in [0.25, 0.3) is 0 Å². The largest absolute Gasteiger partial charge is 0.463 e. The molecule has 0 aliphatic carbocycles. The Bertz CT molecular complexity index is 468. The van der Waals surface area contributed by atoms with Gasteiger partial charge >= 0.3 is 7.12 Å². The van der Waals surface area contributed by atoms with Gasteiger partial charge in [0.25, 0.3) is 0 Å². The third-order valence-electron chi connectivity index (χ3n) is 4.71. The van der Waals surface area contributed by atoms with E-state index in [4.69, 9.17) is 9.31 Å². The Morgan fingerprint density at radius 1 is 1.05 bits per heavy atom. The standard InChI is InChI=1S/C16H25BO3/c1-11-9-7-8-10-13(11)14(18)12(2)17-19-15(3,4)16(5,6)20-17/h7-10,12,14,18H,1-6H3/t12-,14-/m1/s1. The minimum Gasteiger partial charge on any atom is -0.403 e. The maximum atomic E-state index is 10.6. The molecule has 3 nitrogen and oxygen atoms in total. The minimum absolute atomic E-state index is 0.128. The highest BCUT2D eigenvalue weighted by Gasteiger charge is 2.54. The van der Waals surface area contributed by atoms with Crippen molar-refractivity contribution in [3.63, 3.8) is 0 Å². The average Bonchev–Trinajstić information content (AvgIpc) is 2.57. The normalized spacial score (nSPS) is 23.6. The Morgan fingerprint density at radius 2 is 1.55 bits per heavy atom. The first-order valence-electron chi connectivity index (χ1n) is 7.25. The van der Waals surface area contributed by atoms with Gasteiger partial charge in [0.1, 0.15) is 0 Å². The molecule has 1 aromatic rings. The van der Waals surface area contributed by atoms with Gasteiger partial charge < -0.3 is 14.4 Å². The van der Waals surface area contributed by atoms with Crippen molar-refractivity contribution in [1.29, 1.82) is 0 Å². The molecule has 2 rings (SSSR count). The van der Waals surface area contributed by atoms with E-state index >= 15 is 0 Å². The van der Waals surface area contributed by atoms with Crippen LogP contribution >= 0.6 is 0 Å². The molecule has 0 bridgehead atoms. The van der Waals surface area contributed by atoms with Gasteiger partial charge in [0, 0.05) is 5.82 Å². The predicted molar refractivity (Wildman–Crippen MR) is 81.6 cm³/mol. The lowest BCUT2D eigenvalue weighted by Crippen LogP contribution is -2.41. The van der Waals surface area contributed by atoms with Crippen LogP contribution in [0.2, 0.25) is 5.82 Å². The lowest BCUT2D eigenvalue weighted by atomic mass is 9.68. The molecule has 20 heavy (non-hydrogen) atoms. The molecule has 1 fully saturated rings. The zero-order valence-corrected chi connectivity index (χ0v) is 13.3. The lowest BCUT2D eigenvalue weighted by Gasteiger charge is -2.32. The fourth-order valence-electron chi connectivity index (χ4n) is 2.45. The highest BCUT2D eigenvalue weighted by atomic mass is 16.7. The van der Waals surface area contributed by atoms with Crippen molar-refractivity contribution in [3.05, 3.63) is 35.4 Å². The van der Waals surface area contributed by atoms with E-state index < -0.39 is 13.2 Å². The molecule has 2 atom stereocenters. The summed E-state index contributed by atoms with van der Waals surface area (Å²) in [5, 5.41) is 10.6. The Labute approximate surface area is 122 Å². The van der Waals surface area contributed by atoms with Crippen molar-refractivity contribution in [3.8, 4) is 0 Å². The Kier molecular flexibility index (Phi) is 4.02. The first kappa shape index (κ1) is 15.6. The van der Waals surface area contributed by atoms with Gasteiger partial charge in [-0.05, 0) is 45.7 Å². The van der Waals surface area contributed by atoms with E-state index in [2.05, 4.69) is 0 Å². The van der Waals surface area contributed by atoms with Gasteiger partial charge in [0.15, 0.2) is 0 Å². The Balaban J connectivity index is 2.17. The second-order valence-corrected chi connectivity index (χ2v) is 6.79. The van der Waals surface area contributed by atoms with E-state index in [1.807, 2.05) is 65.8 Å². The number of rotatable bonds is 3. The number of aliphatic hydroxyl groups is 1. The van der Waals surface area contributed by atoms with Gasteiger partial charge in [-0.15, -0.1) is 0 Å². The fourth-order valence-corrected chi connectivity index (χ4v) is 2.45. The zero-order valence-electron chi connectivity index (χ0n) is 13.3. The van der Waals surface area contributed by atoms with E-state index in [1.165, 1.54) is 0 Å². The van der Waals surface area contributed by atoms with Gasteiger partial charge in [0.05, 0.1) is 17.3 Å². The van der Waals surface area contributed by atoms with Crippen LogP contribution in [0.3, 0.4) is 0 Å². The molecule has 0 saturated carbocycles. The van der Waals surface area contributed by atoms with Crippen LogP contribution in [0.5, 0.6) is 0 Å². The van der Waals surface area contributed by atoms with Gasteiger partial charge in [-0.2, -0.15) is 0 Å². The summed E-state index contributed by atoms with van der Waals surface area (Å²) in [5.74, 6) is -0.128. The maximum Gasteiger partial charge on any atom is 0.463 e. The van der Waals surface area contributed by atoms with Gasteiger partial charge in [-0.25, -0.2) is 0 Å². The molecule has 0 unspecified atom stereocenters. The quantitative estimate of drug-likeness (QED) is 0.858. The third kappa shape index (κ3) is 2.65. The minimum atomic E-state index is -0.592. The summed E-state index contributed by atoms with van der Waals surface area (Å²) in [4.78, 5) is 0. The molecule has 1 N–H and O–H groups in total. The van der Waals surface area contributed by atoms with Crippen molar-refractivity contribution in [2.45, 2.75) is 64.7 Å². The molecule has 1 saturated heterocycles. The molecule has 0 spiro atoms. The fraction of sp³-hybridized carbons (Fsp3) is 0.625. The second kappa shape index (κ2) is 5.17. The number of hydrogen-bond acceptors (Lipinski definition) is 3. The molecule has 1 aromatic carbocycles. The summed E-state index contributed by atoms with van der Waals surface area (Å²) < 4.78 is 12.1. The highest BCUT2D eigenvalue weighted by Crippen LogP contribution is 2.43. The number of aryl methyl sites for hydroxylation is 1. The van der Waals surface area contributed by atoms with Crippen LogP contribution < -0.4 is 0 Å². The van der Waals surface area contributed by atoms with Crippen LogP contribution in [0.15, 0.2) is 24.3 Å². The Hall–Kier alpha value is -0.835. The zero-order chi connectivity index (χ0) is 15.1. The SMILES string of the molecule is Cc1ccccc1[C@H](O)[C@@H](C)B1OC(C)(C)C(C)(C)O1. The lowest BCUT2D eigenvalue weighted by molar-refractivity contribution is 0.00578. The van der Waals surface area contributed by atoms with Gasteiger partial charge in [-0.1, -0.05) is 31.2 Å². The molecule has 0 amide bonds. The van der Waals surface area contributed by atoms with E-state index in [0.717, 1.165) is 11.1 Å². The molecule has 110 valence electrons. The average molecular weight is 276 g/mol. The monoisotopic (exact) mass is 276 g/mol. The van der Waals surface area contributed by atoms with Crippen molar-refractivity contribution < 1.29 is 14.4 Å². The van der Waals surface area contributed by atoms with E-state index in [1.54, 1.807) is 0 Å². The summed E-state index contributed by atoms with van der Waals surface area (Å²) in [6.45, 7) is 12.1. The van der Waals surface area contributed by atoms with E-state index in [-0.39, 0.29) is 17.0 Å². The van der Waals surface area contributed by atoms with Crippen LogP contribution in [-0.2, 0) is 9.31 Å². The van der Waals surface area contributed by atoms with Crippen molar-refractivity contribution in [2.24, 2.45) is 0 Å².